The number of benzene rings is 2. The van der Waals surface area contributed by atoms with Crippen LogP contribution in [0, 0.1) is 25.7 Å². The van der Waals surface area contributed by atoms with Crippen LogP contribution in [0.2, 0.25) is 0 Å². The first-order valence-corrected chi connectivity index (χ1v) is 11.2. The molecule has 0 amide bonds. The summed E-state index contributed by atoms with van der Waals surface area (Å²) in [6.45, 7) is 5.74. The molecule has 3 heterocycles. The molecule has 0 unspecified atom stereocenters. The highest BCUT2D eigenvalue weighted by Crippen LogP contribution is 2.24. The maximum atomic E-state index is 13.9. The lowest BCUT2D eigenvalue weighted by Crippen LogP contribution is -2.25. The Kier molecular flexibility index (Phi) is 5.55. The number of nitrogens with zero attached hydrogens (tertiary/aromatic N) is 5. The number of nitrogens with two attached hydrogens (primary N) is 1. The summed E-state index contributed by atoms with van der Waals surface area (Å²) in [5.41, 5.74) is 10.4. The zero-order valence-corrected chi connectivity index (χ0v) is 19.6. The van der Waals surface area contributed by atoms with Crippen molar-refractivity contribution in [3.63, 3.8) is 0 Å². The van der Waals surface area contributed by atoms with E-state index in [2.05, 4.69) is 26.9 Å². The lowest BCUT2D eigenvalue weighted by Gasteiger charge is -2.17. The van der Waals surface area contributed by atoms with E-state index in [1.165, 1.54) is 6.33 Å². The summed E-state index contributed by atoms with van der Waals surface area (Å²) in [7, 11) is 0. The maximum Gasteiger partial charge on any atom is 0.263 e. The second kappa shape index (κ2) is 8.70. The molecule has 0 aliphatic carbocycles. The van der Waals surface area contributed by atoms with E-state index in [0.717, 1.165) is 27.9 Å². The number of para-hydroxylation sites is 1. The highest BCUT2D eigenvalue weighted by molar-refractivity contribution is 5.90. The van der Waals surface area contributed by atoms with E-state index >= 15 is 0 Å². The second-order valence-corrected chi connectivity index (χ2v) is 8.51. The SMILES string of the molecule is Cc1ccccc1-n1c(Cn2nc(C#C[C@@H](C)O)c3c(N)ncnc32)cc2cccc(C)c2c1=O. The average molecular weight is 465 g/mol. The predicted octanol–water partition coefficient (Wildman–Crippen LogP) is 3.11. The number of hydrogen-bond acceptors (Lipinski definition) is 6. The number of rotatable bonds is 3. The molecule has 0 spiro atoms. The van der Waals surface area contributed by atoms with Gasteiger partial charge in [0, 0.05) is 5.69 Å². The van der Waals surface area contributed by atoms with Crippen LogP contribution in [-0.4, -0.2) is 35.5 Å². The van der Waals surface area contributed by atoms with Crippen LogP contribution in [-0.2, 0) is 6.54 Å². The molecule has 1 atom stereocenters. The standard InChI is InChI=1S/C27H24N6O2/c1-16-7-4-5-10-22(16)33-20(13-19-9-6-8-17(2)23(19)27(33)35)14-32-26-24(25(28)29-15-30-26)21(31-32)12-11-18(3)34/h4-10,13,15,18,34H,14H2,1-3H3,(H2,28,29,30)/t18-/m1/s1. The smallest absolute Gasteiger partial charge is 0.263 e. The van der Waals surface area contributed by atoms with Crippen molar-refractivity contribution in [1.82, 2.24) is 24.3 Å². The summed E-state index contributed by atoms with van der Waals surface area (Å²) in [4.78, 5) is 22.3. The van der Waals surface area contributed by atoms with Gasteiger partial charge < -0.3 is 10.8 Å². The van der Waals surface area contributed by atoms with Crippen LogP contribution >= 0.6 is 0 Å². The Morgan fingerprint density at radius 2 is 1.83 bits per heavy atom. The number of aliphatic hydroxyl groups excluding tert-OH is 1. The number of aliphatic hydroxyl groups is 1. The van der Waals surface area contributed by atoms with Crippen LogP contribution in [0.15, 0.2) is 59.7 Å². The van der Waals surface area contributed by atoms with Gasteiger partial charge >= 0.3 is 0 Å². The van der Waals surface area contributed by atoms with Gasteiger partial charge in [-0.15, -0.1) is 0 Å². The lowest BCUT2D eigenvalue weighted by molar-refractivity contribution is 0.253. The number of anilines is 1. The summed E-state index contributed by atoms with van der Waals surface area (Å²) in [6.07, 6.45) is 0.552. The van der Waals surface area contributed by atoms with E-state index in [1.807, 2.05) is 62.4 Å². The molecule has 0 aliphatic rings. The van der Waals surface area contributed by atoms with Gasteiger partial charge in [-0.1, -0.05) is 42.3 Å². The van der Waals surface area contributed by atoms with E-state index in [9.17, 15) is 9.90 Å². The average Bonchev–Trinajstić information content (AvgIpc) is 3.17. The van der Waals surface area contributed by atoms with Crippen LogP contribution in [0.3, 0.4) is 0 Å². The molecule has 5 rings (SSSR count). The Hall–Kier alpha value is -4.48. The van der Waals surface area contributed by atoms with Gasteiger partial charge in [0.2, 0.25) is 0 Å². The summed E-state index contributed by atoms with van der Waals surface area (Å²) < 4.78 is 3.41. The third-order valence-corrected chi connectivity index (χ3v) is 5.96. The molecule has 8 heteroatoms. The minimum Gasteiger partial charge on any atom is -0.383 e. The van der Waals surface area contributed by atoms with Crippen LogP contribution in [0.5, 0.6) is 0 Å². The third-order valence-electron chi connectivity index (χ3n) is 5.96. The fourth-order valence-corrected chi connectivity index (χ4v) is 4.34. The Morgan fingerprint density at radius 1 is 1.06 bits per heavy atom. The largest absolute Gasteiger partial charge is 0.383 e. The molecule has 2 aromatic carbocycles. The van der Waals surface area contributed by atoms with E-state index in [-0.39, 0.29) is 17.9 Å². The molecule has 0 saturated carbocycles. The van der Waals surface area contributed by atoms with Gasteiger partial charge in [0.25, 0.3) is 5.56 Å². The van der Waals surface area contributed by atoms with Crippen molar-refractivity contribution < 1.29 is 5.11 Å². The lowest BCUT2D eigenvalue weighted by atomic mass is 10.1. The molecule has 3 N–H and O–H groups in total. The van der Waals surface area contributed by atoms with E-state index < -0.39 is 6.10 Å². The molecule has 0 aliphatic heterocycles. The van der Waals surface area contributed by atoms with Crippen LogP contribution in [0.1, 0.15) is 29.4 Å². The topological polar surface area (TPSA) is 112 Å². The maximum absolute atomic E-state index is 13.9. The van der Waals surface area contributed by atoms with Crippen LogP contribution < -0.4 is 11.3 Å². The van der Waals surface area contributed by atoms with Crippen LogP contribution in [0.4, 0.5) is 5.82 Å². The van der Waals surface area contributed by atoms with E-state index in [1.54, 1.807) is 16.2 Å². The molecule has 3 aromatic heterocycles. The molecule has 8 nitrogen and oxygen atoms in total. The van der Waals surface area contributed by atoms with Gasteiger partial charge in [0.15, 0.2) is 5.65 Å². The number of fused-ring (bicyclic) bond motifs is 2. The van der Waals surface area contributed by atoms with Crippen molar-refractivity contribution >= 4 is 27.6 Å². The third kappa shape index (κ3) is 3.92. The monoisotopic (exact) mass is 464 g/mol. The number of aryl methyl sites for hydroxylation is 2. The van der Waals surface area contributed by atoms with Crippen LogP contribution in [0.25, 0.3) is 27.5 Å². The normalized spacial score (nSPS) is 12.0. The van der Waals surface area contributed by atoms with E-state index in [0.29, 0.717) is 22.1 Å². The summed E-state index contributed by atoms with van der Waals surface area (Å²) in [5, 5.41) is 16.3. The van der Waals surface area contributed by atoms with E-state index in [4.69, 9.17) is 5.73 Å². The Balaban J connectivity index is 1.79. The molecule has 174 valence electrons. The molecule has 35 heavy (non-hydrogen) atoms. The molecular weight excluding hydrogens is 440 g/mol. The Bertz CT molecular complexity index is 1720. The van der Waals surface area contributed by atoms with Crippen molar-refractivity contribution in [1.29, 1.82) is 0 Å². The number of pyridine rings is 1. The Labute approximate surface area is 201 Å². The summed E-state index contributed by atoms with van der Waals surface area (Å²) >= 11 is 0. The van der Waals surface area contributed by atoms with Crippen molar-refractivity contribution in [3.05, 3.63) is 87.7 Å². The molecule has 0 fully saturated rings. The van der Waals surface area contributed by atoms with Gasteiger partial charge in [-0.3, -0.25) is 9.36 Å². The zero-order valence-electron chi connectivity index (χ0n) is 19.6. The number of aromatic nitrogens is 5. The van der Waals surface area contributed by atoms with Gasteiger partial charge in [0.05, 0.1) is 23.0 Å². The first kappa shape index (κ1) is 22.3. The molecule has 0 saturated heterocycles. The number of hydrogen-bond donors (Lipinski definition) is 2. The molecular formula is C27H24N6O2. The van der Waals surface area contributed by atoms with Gasteiger partial charge in [-0.05, 0) is 55.3 Å². The Morgan fingerprint density at radius 3 is 2.60 bits per heavy atom. The quantitative estimate of drug-likeness (QED) is 0.397. The molecule has 0 bridgehead atoms. The van der Waals surface area contributed by atoms with Gasteiger partial charge in [-0.25, -0.2) is 14.6 Å². The van der Waals surface area contributed by atoms with Crippen molar-refractivity contribution in [3.8, 4) is 17.5 Å². The minimum atomic E-state index is -0.823. The van der Waals surface area contributed by atoms with Crippen molar-refractivity contribution in [2.24, 2.45) is 0 Å². The first-order valence-electron chi connectivity index (χ1n) is 11.2. The fourth-order valence-electron chi connectivity index (χ4n) is 4.34. The fraction of sp³-hybridized carbons (Fsp3) is 0.185. The first-order chi connectivity index (χ1) is 16.8. The van der Waals surface area contributed by atoms with Crippen molar-refractivity contribution in [2.75, 3.05) is 5.73 Å². The molecule has 0 radical (unpaired) electrons. The van der Waals surface area contributed by atoms with Crippen molar-refractivity contribution in [2.45, 2.75) is 33.4 Å². The second-order valence-electron chi connectivity index (χ2n) is 8.51. The van der Waals surface area contributed by atoms with Gasteiger partial charge in [0.1, 0.15) is 23.9 Å². The summed E-state index contributed by atoms with van der Waals surface area (Å²) in [6, 6.07) is 15.6. The number of nitrogen functional groups attached to an aromatic ring is 1. The zero-order chi connectivity index (χ0) is 24.7. The summed E-state index contributed by atoms with van der Waals surface area (Å²) in [5.74, 6) is 5.83. The highest BCUT2D eigenvalue weighted by atomic mass is 16.3. The predicted molar refractivity (Wildman–Crippen MR) is 136 cm³/mol. The highest BCUT2D eigenvalue weighted by Gasteiger charge is 2.19. The molecule has 5 aromatic rings. The minimum absolute atomic E-state index is 0.0929. The van der Waals surface area contributed by atoms with Gasteiger partial charge in [-0.2, -0.15) is 5.10 Å².